The van der Waals surface area contributed by atoms with Gasteiger partial charge in [0.1, 0.15) is 0 Å². The monoisotopic (exact) mass is 160 g/mol. The third kappa shape index (κ3) is 9.43. The molecule has 0 saturated heterocycles. The Morgan fingerprint density at radius 1 is 1.09 bits per heavy atom. The minimum absolute atomic E-state index is 0.495. The fourth-order valence-corrected chi connectivity index (χ4v) is 0.833. The molecule has 3 heteroatoms. The molecule has 11 heavy (non-hydrogen) atoms. The summed E-state index contributed by atoms with van der Waals surface area (Å²) < 4.78 is 9.41. The second-order valence-electron chi connectivity index (χ2n) is 2.37. The van der Waals surface area contributed by atoms with Crippen molar-refractivity contribution < 1.29 is 14.3 Å². The Hall–Kier alpha value is -0.570. The van der Waals surface area contributed by atoms with Crippen molar-refractivity contribution in [2.45, 2.75) is 25.7 Å². The summed E-state index contributed by atoms with van der Waals surface area (Å²) in [6.07, 6.45) is 4.31. The quantitative estimate of drug-likeness (QED) is 0.397. The predicted molar refractivity (Wildman–Crippen MR) is 42.4 cm³/mol. The van der Waals surface area contributed by atoms with Gasteiger partial charge in [-0.2, -0.15) is 0 Å². The molecule has 0 saturated carbocycles. The molecule has 3 nitrogen and oxygen atoms in total. The molecular weight excluding hydrogens is 144 g/mol. The summed E-state index contributed by atoms with van der Waals surface area (Å²) >= 11 is 0. The molecule has 0 amide bonds. The summed E-state index contributed by atoms with van der Waals surface area (Å²) in [7, 11) is 1.70. The van der Waals surface area contributed by atoms with E-state index in [1.54, 1.807) is 7.11 Å². The van der Waals surface area contributed by atoms with Crippen LogP contribution in [0.2, 0.25) is 0 Å². The Kier molecular flexibility index (Phi) is 8.94. The van der Waals surface area contributed by atoms with E-state index >= 15 is 0 Å². The zero-order valence-corrected chi connectivity index (χ0v) is 7.04. The van der Waals surface area contributed by atoms with E-state index in [0.717, 1.165) is 32.3 Å². The van der Waals surface area contributed by atoms with E-state index in [4.69, 9.17) is 4.74 Å². The summed E-state index contributed by atoms with van der Waals surface area (Å²) in [5, 5.41) is 0. The number of carbonyl (C=O) groups is 1. The Balaban J connectivity index is 2.74. The minimum atomic E-state index is 0.495. The van der Waals surface area contributed by atoms with E-state index < -0.39 is 0 Å². The minimum Gasteiger partial charge on any atom is -0.468 e. The summed E-state index contributed by atoms with van der Waals surface area (Å²) in [4.78, 5) is 9.70. The topological polar surface area (TPSA) is 35.5 Å². The molecule has 0 N–H and O–H groups in total. The van der Waals surface area contributed by atoms with E-state index in [1.165, 1.54) is 0 Å². The first-order valence-corrected chi connectivity index (χ1v) is 3.96. The third-order valence-corrected chi connectivity index (χ3v) is 1.43. The van der Waals surface area contributed by atoms with Crippen LogP contribution >= 0.6 is 0 Å². The molecule has 66 valence electrons. The predicted octanol–water partition coefficient (Wildman–Crippen LogP) is 1.37. The van der Waals surface area contributed by atoms with Crippen molar-refractivity contribution in [3.63, 3.8) is 0 Å². The van der Waals surface area contributed by atoms with Crippen molar-refractivity contribution in [2.24, 2.45) is 0 Å². The van der Waals surface area contributed by atoms with Crippen LogP contribution in [-0.2, 0) is 14.3 Å². The van der Waals surface area contributed by atoms with Gasteiger partial charge in [-0.25, -0.2) is 0 Å². The van der Waals surface area contributed by atoms with Crippen molar-refractivity contribution in [3.8, 4) is 0 Å². The summed E-state index contributed by atoms with van der Waals surface area (Å²) in [5.41, 5.74) is 0. The van der Waals surface area contributed by atoms with Crippen LogP contribution in [0.25, 0.3) is 0 Å². The lowest BCUT2D eigenvalue weighted by Gasteiger charge is -1.99. The molecule has 0 aromatic heterocycles. The van der Waals surface area contributed by atoms with Gasteiger partial charge in [0, 0.05) is 13.7 Å². The van der Waals surface area contributed by atoms with E-state index in [-0.39, 0.29) is 0 Å². The molecule has 0 rings (SSSR count). The Morgan fingerprint density at radius 3 is 2.27 bits per heavy atom. The molecule has 0 aromatic rings. The van der Waals surface area contributed by atoms with Gasteiger partial charge in [0.15, 0.2) is 0 Å². The molecule has 0 radical (unpaired) electrons. The van der Waals surface area contributed by atoms with Crippen LogP contribution < -0.4 is 0 Å². The van der Waals surface area contributed by atoms with Crippen molar-refractivity contribution in [3.05, 3.63) is 0 Å². The molecule has 0 atom stereocenters. The summed E-state index contributed by atoms with van der Waals surface area (Å²) in [6.45, 7) is 1.88. The molecule has 0 fully saturated rings. The van der Waals surface area contributed by atoms with Crippen LogP contribution in [0.5, 0.6) is 0 Å². The van der Waals surface area contributed by atoms with Crippen molar-refractivity contribution in [1.82, 2.24) is 0 Å². The highest BCUT2D eigenvalue weighted by molar-refractivity contribution is 5.36. The van der Waals surface area contributed by atoms with Gasteiger partial charge in [0.05, 0.1) is 6.61 Å². The van der Waals surface area contributed by atoms with Gasteiger partial charge in [-0.3, -0.25) is 4.79 Å². The third-order valence-electron chi connectivity index (χ3n) is 1.43. The Morgan fingerprint density at radius 2 is 1.73 bits per heavy atom. The standard InChI is InChI=1S/C8H16O3/c1-10-6-4-2-3-5-7-11-8-9/h8H,2-7H2,1H3. The zero-order valence-electron chi connectivity index (χ0n) is 7.04. The number of hydrogen-bond donors (Lipinski definition) is 0. The number of hydrogen-bond acceptors (Lipinski definition) is 3. The number of carbonyl (C=O) groups excluding carboxylic acids is 1. The molecule has 0 spiro atoms. The summed E-state index contributed by atoms with van der Waals surface area (Å²) in [5.74, 6) is 0. The van der Waals surface area contributed by atoms with Crippen LogP contribution in [0, 0.1) is 0 Å². The highest BCUT2D eigenvalue weighted by Gasteiger charge is 1.89. The number of rotatable bonds is 8. The lowest BCUT2D eigenvalue weighted by Crippen LogP contribution is -1.93. The second-order valence-corrected chi connectivity index (χ2v) is 2.37. The average molecular weight is 160 g/mol. The highest BCUT2D eigenvalue weighted by Crippen LogP contribution is 1.99. The molecule has 0 aliphatic carbocycles. The maximum atomic E-state index is 9.70. The Labute approximate surface area is 67.7 Å². The van der Waals surface area contributed by atoms with Crippen LogP contribution in [-0.4, -0.2) is 26.8 Å². The van der Waals surface area contributed by atoms with E-state index in [9.17, 15) is 4.79 Å². The largest absolute Gasteiger partial charge is 0.468 e. The highest BCUT2D eigenvalue weighted by atomic mass is 16.5. The van der Waals surface area contributed by atoms with E-state index in [2.05, 4.69) is 4.74 Å². The Bertz CT molecular complexity index is 83.4. The lowest BCUT2D eigenvalue weighted by atomic mass is 10.2. The number of ether oxygens (including phenoxy) is 2. The molecule has 0 heterocycles. The van der Waals surface area contributed by atoms with Gasteiger partial charge in [0.25, 0.3) is 6.47 Å². The van der Waals surface area contributed by atoms with Crippen LogP contribution in [0.15, 0.2) is 0 Å². The van der Waals surface area contributed by atoms with Crippen molar-refractivity contribution in [1.29, 1.82) is 0 Å². The van der Waals surface area contributed by atoms with Crippen LogP contribution in [0.3, 0.4) is 0 Å². The van der Waals surface area contributed by atoms with Gasteiger partial charge in [-0.05, 0) is 19.3 Å². The van der Waals surface area contributed by atoms with Gasteiger partial charge in [0.2, 0.25) is 0 Å². The van der Waals surface area contributed by atoms with Gasteiger partial charge >= 0.3 is 0 Å². The number of methoxy groups -OCH3 is 1. The van der Waals surface area contributed by atoms with Gasteiger partial charge < -0.3 is 9.47 Å². The van der Waals surface area contributed by atoms with Crippen LogP contribution in [0.1, 0.15) is 25.7 Å². The second kappa shape index (κ2) is 9.43. The molecular formula is C8H16O3. The zero-order chi connectivity index (χ0) is 8.36. The molecule has 0 bridgehead atoms. The van der Waals surface area contributed by atoms with Crippen LogP contribution in [0.4, 0.5) is 0 Å². The normalized spacial score (nSPS) is 9.55. The lowest BCUT2D eigenvalue weighted by molar-refractivity contribution is -0.128. The average Bonchev–Trinajstić information content (AvgIpc) is 2.03. The first-order chi connectivity index (χ1) is 5.41. The van der Waals surface area contributed by atoms with Crippen molar-refractivity contribution in [2.75, 3.05) is 20.3 Å². The van der Waals surface area contributed by atoms with E-state index in [0.29, 0.717) is 13.1 Å². The number of unbranched alkanes of at least 4 members (excludes halogenated alkanes) is 3. The first-order valence-electron chi connectivity index (χ1n) is 3.96. The fourth-order valence-electron chi connectivity index (χ4n) is 0.833. The molecule has 0 aromatic carbocycles. The van der Waals surface area contributed by atoms with E-state index in [1.807, 2.05) is 0 Å². The smallest absolute Gasteiger partial charge is 0.293 e. The first kappa shape index (κ1) is 10.4. The fraction of sp³-hybridized carbons (Fsp3) is 0.875. The van der Waals surface area contributed by atoms with Crippen molar-refractivity contribution >= 4 is 6.47 Å². The maximum Gasteiger partial charge on any atom is 0.293 e. The summed E-state index contributed by atoms with van der Waals surface area (Å²) in [6, 6.07) is 0. The molecule has 0 unspecified atom stereocenters. The maximum absolute atomic E-state index is 9.70. The van der Waals surface area contributed by atoms with Gasteiger partial charge in [-0.15, -0.1) is 0 Å². The van der Waals surface area contributed by atoms with Gasteiger partial charge in [-0.1, -0.05) is 6.42 Å². The molecule has 0 aliphatic rings. The molecule has 0 aliphatic heterocycles. The SMILES string of the molecule is COCCCCCCOC=O.